The summed E-state index contributed by atoms with van der Waals surface area (Å²) < 4.78 is 0. The lowest BCUT2D eigenvalue weighted by Crippen LogP contribution is -2.19. The summed E-state index contributed by atoms with van der Waals surface area (Å²) in [5, 5.41) is 12.9. The standard InChI is InChI=1S/C11H15Cl2NO/c12-10-4-3-9(8-11(10)13)2-1-5-14-6-7-15/h3-4,8,14-15H,1-2,5-7H2. The Labute approximate surface area is 100 Å². The molecule has 0 spiro atoms. The van der Waals surface area contributed by atoms with Crippen LogP contribution in [0.1, 0.15) is 12.0 Å². The summed E-state index contributed by atoms with van der Waals surface area (Å²) >= 11 is 11.7. The monoisotopic (exact) mass is 247 g/mol. The minimum atomic E-state index is 0.187. The van der Waals surface area contributed by atoms with Crippen LogP contribution < -0.4 is 5.32 Å². The van der Waals surface area contributed by atoms with E-state index in [1.165, 1.54) is 5.56 Å². The lowest BCUT2D eigenvalue weighted by Gasteiger charge is -2.04. The molecule has 0 amide bonds. The number of aliphatic hydroxyl groups excluding tert-OH is 1. The van der Waals surface area contributed by atoms with Crippen molar-refractivity contribution >= 4 is 23.2 Å². The van der Waals surface area contributed by atoms with Gasteiger partial charge in [0.25, 0.3) is 0 Å². The minimum absolute atomic E-state index is 0.187. The van der Waals surface area contributed by atoms with Crippen molar-refractivity contribution in [2.45, 2.75) is 12.8 Å². The molecule has 2 nitrogen and oxygen atoms in total. The van der Waals surface area contributed by atoms with E-state index in [-0.39, 0.29) is 6.61 Å². The first-order valence-electron chi connectivity index (χ1n) is 4.99. The zero-order valence-electron chi connectivity index (χ0n) is 8.47. The van der Waals surface area contributed by atoms with Gasteiger partial charge in [-0.15, -0.1) is 0 Å². The maximum absolute atomic E-state index is 8.55. The van der Waals surface area contributed by atoms with E-state index in [1.807, 2.05) is 18.2 Å². The first kappa shape index (κ1) is 12.8. The van der Waals surface area contributed by atoms with Gasteiger partial charge in [0.05, 0.1) is 16.7 Å². The topological polar surface area (TPSA) is 32.3 Å². The van der Waals surface area contributed by atoms with Gasteiger partial charge in [-0.25, -0.2) is 0 Å². The van der Waals surface area contributed by atoms with Crippen LogP contribution >= 0.6 is 23.2 Å². The summed E-state index contributed by atoms with van der Waals surface area (Å²) in [7, 11) is 0. The summed E-state index contributed by atoms with van der Waals surface area (Å²) in [5.74, 6) is 0. The van der Waals surface area contributed by atoms with E-state index < -0.39 is 0 Å². The first-order valence-corrected chi connectivity index (χ1v) is 5.75. The molecule has 0 atom stereocenters. The van der Waals surface area contributed by atoms with Crippen LogP contribution in [0.25, 0.3) is 0 Å². The van der Waals surface area contributed by atoms with Crippen LogP contribution in [0, 0.1) is 0 Å². The van der Waals surface area contributed by atoms with Gasteiger partial charge in [0, 0.05) is 6.54 Å². The fraction of sp³-hybridized carbons (Fsp3) is 0.455. The molecule has 4 heteroatoms. The molecule has 2 N–H and O–H groups in total. The molecule has 0 aromatic heterocycles. The van der Waals surface area contributed by atoms with Crippen molar-refractivity contribution in [2.24, 2.45) is 0 Å². The Kier molecular flexibility index (Phi) is 6.03. The summed E-state index contributed by atoms with van der Waals surface area (Å²) in [6.07, 6.45) is 1.99. The Morgan fingerprint density at radius 2 is 1.93 bits per heavy atom. The average molecular weight is 248 g/mol. The quantitative estimate of drug-likeness (QED) is 0.758. The van der Waals surface area contributed by atoms with Gasteiger partial charge >= 0.3 is 0 Å². The highest BCUT2D eigenvalue weighted by Crippen LogP contribution is 2.22. The molecule has 1 aromatic rings. The molecule has 0 fully saturated rings. The summed E-state index contributed by atoms with van der Waals surface area (Å²) in [6, 6.07) is 5.70. The molecule has 0 aliphatic rings. The fourth-order valence-electron chi connectivity index (χ4n) is 1.32. The van der Waals surface area contributed by atoms with Crippen LogP contribution in [-0.2, 0) is 6.42 Å². The molecule has 1 aromatic carbocycles. The molecule has 0 bridgehead atoms. The second-order valence-corrected chi connectivity index (χ2v) is 4.14. The predicted molar refractivity (Wildman–Crippen MR) is 64.7 cm³/mol. The second-order valence-electron chi connectivity index (χ2n) is 3.33. The summed E-state index contributed by atoms with van der Waals surface area (Å²) in [5.41, 5.74) is 1.19. The maximum Gasteiger partial charge on any atom is 0.0595 e. The van der Waals surface area contributed by atoms with Gasteiger partial charge in [-0.3, -0.25) is 0 Å². The van der Waals surface area contributed by atoms with Crippen molar-refractivity contribution in [1.29, 1.82) is 0 Å². The molecule has 0 aliphatic heterocycles. The SMILES string of the molecule is OCCNCCCc1ccc(Cl)c(Cl)c1. The highest BCUT2D eigenvalue weighted by atomic mass is 35.5. The number of rotatable bonds is 6. The molecular formula is C11H15Cl2NO. The molecule has 0 radical (unpaired) electrons. The van der Waals surface area contributed by atoms with E-state index >= 15 is 0 Å². The Bertz CT molecular complexity index is 305. The van der Waals surface area contributed by atoms with E-state index in [0.29, 0.717) is 16.6 Å². The van der Waals surface area contributed by atoms with Crippen molar-refractivity contribution in [3.63, 3.8) is 0 Å². The van der Waals surface area contributed by atoms with Crippen LogP contribution in [0.15, 0.2) is 18.2 Å². The normalized spacial score (nSPS) is 10.6. The van der Waals surface area contributed by atoms with Gasteiger partial charge in [-0.1, -0.05) is 29.3 Å². The third-order valence-electron chi connectivity index (χ3n) is 2.09. The number of aliphatic hydroxyl groups is 1. The first-order chi connectivity index (χ1) is 7.24. The van der Waals surface area contributed by atoms with Crippen molar-refractivity contribution in [1.82, 2.24) is 5.32 Å². The van der Waals surface area contributed by atoms with Crippen LogP contribution in [0.4, 0.5) is 0 Å². The molecule has 0 saturated carbocycles. The maximum atomic E-state index is 8.55. The number of nitrogens with one attached hydrogen (secondary N) is 1. The molecule has 0 aliphatic carbocycles. The molecule has 0 unspecified atom stereocenters. The Morgan fingerprint density at radius 3 is 2.60 bits per heavy atom. The number of hydrogen-bond donors (Lipinski definition) is 2. The molecule has 15 heavy (non-hydrogen) atoms. The van der Waals surface area contributed by atoms with Crippen molar-refractivity contribution in [3.8, 4) is 0 Å². The van der Waals surface area contributed by atoms with Crippen LogP contribution in [0.5, 0.6) is 0 Å². The third-order valence-corrected chi connectivity index (χ3v) is 2.83. The van der Waals surface area contributed by atoms with Crippen LogP contribution in [0.3, 0.4) is 0 Å². The average Bonchev–Trinajstić information content (AvgIpc) is 2.23. The fourth-order valence-corrected chi connectivity index (χ4v) is 1.64. The minimum Gasteiger partial charge on any atom is -0.395 e. The smallest absolute Gasteiger partial charge is 0.0595 e. The Hall–Kier alpha value is -0.280. The predicted octanol–water partition coefficient (Wildman–Crippen LogP) is 2.51. The largest absolute Gasteiger partial charge is 0.395 e. The lowest BCUT2D eigenvalue weighted by atomic mass is 10.1. The van der Waals surface area contributed by atoms with E-state index in [1.54, 1.807) is 0 Å². The zero-order chi connectivity index (χ0) is 11.1. The summed E-state index contributed by atoms with van der Waals surface area (Å²) in [4.78, 5) is 0. The van der Waals surface area contributed by atoms with Gasteiger partial charge in [0.2, 0.25) is 0 Å². The lowest BCUT2D eigenvalue weighted by molar-refractivity contribution is 0.292. The highest BCUT2D eigenvalue weighted by molar-refractivity contribution is 6.42. The second kappa shape index (κ2) is 7.07. The van der Waals surface area contributed by atoms with Crippen LogP contribution in [-0.4, -0.2) is 24.8 Å². The van der Waals surface area contributed by atoms with E-state index in [4.69, 9.17) is 28.3 Å². The van der Waals surface area contributed by atoms with Gasteiger partial charge in [-0.05, 0) is 37.1 Å². The number of halogens is 2. The molecule has 0 saturated heterocycles. The number of aryl methyl sites for hydroxylation is 1. The molecular weight excluding hydrogens is 233 g/mol. The van der Waals surface area contributed by atoms with Gasteiger partial charge in [0.1, 0.15) is 0 Å². The third kappa shape index (κ3) is 4.85. The van der Waals surface area contributed by atoms with E-state index in [9.17, 15) is 0 Å². The number of hydrogen-bond acceptors (Lipinski definition) is 2. The van der Waals surface area contributed by atoms with Crippen molar-refractivity contribution in [2.75, 3.05) is 19.7 Å². The molecule has 0 heterocycles. The molecule has 1 rings (SSSR count). The van der Waals surface area contributed by atoms with Gasteiger partial charge < -0.3 is 10.4 Å². The van der Waals surface area contributed by atoms with Gasteiger partial charge in [-0.2, -0.15) is 0 Å². The van der Waals surface area contributed by atoms with Crippen molar-refractivity contribution < 1.29 is 5.11 Å². The zero-order valence-corrected chi connectivity index (χ0v) is 9.98. The van der Waals surface area contributed by atoms with E-state index in [2.05, 4.69) is 5.32 Å². The van der Waals surface area contributed by atoms with Gasteiger partial charge in [0.15, 0.2) is 0 Å². The van der Waals surface area contributed by atoms with E-state index in [0.717, 1.165) is 19.4 Å². The van der Waals surface area contributed by atoms with Crippen molar-refractivity contribution in [3.05, 3.63) is 33.8 Å². The number of benzene rings is 1. The van der Waals surface area contributed by atoms with Crippen LogP contribution in [0.2, 0.25) is 10.0 Å². The Balaban J connectivity index is 2.28. The Morgan fingerprint density at radius 1 is 1.13 bits per heavy atom. The highest BCUT2D eigenvalue weighted by Gasteiger charge is 1.99. The summed E-state index contributed by atoms with van der Waals surface area (Å²) in [6.45, 7) is 1.74. The molecule has 84 valence electrons.